The summed E-state index contributed by atoms with van der Waals surface area (Å²) in [5, 5.41) is 0. The average molecular weight is 292 g/mol. The third kappa shape index (κ3) is 3.21. The molecule has 0 unspecified atom stereocenters. The van der Waals surface area contributed by atoms with Crippen LogP contribution in [0.4, 0.5) is 11.4 Å². The van der Waals surface area contributed by atoms with E-state index >= 15 is 0 Å². The van der Waals surface area contributed by atoms with Crippen LogP contribution in [0.25, 0.3) is 0 Å². The molecule has 1 saturated heterocycles. The van der Waals surface area contributed by atoms with Gasteiger partial charge < -0.3 is 21.1 Å². The van der Waals surface area contributed by atoms with E-state index in [1.165, 1.54) is 0 Å². The van der Waals surface area contributed by atoms with Gasteiger partial charge in [-0.25, -0.2) is 0 Å². The second-order valence-electron chi connectivity index (χ2n) is 5.60. The molecule has 1 aromatic rings. The Morgan fingerprint density at radius 3 is 2.33 bits per heavy atom. The third-order valence-electron chi connectivity index (χ3n) is 3.97. The molecule has 0 saturated carbocycles. The predicted octanol–water partition coefficient (Wildman–Crippen LogP) is 0.907. The zero-order valence-electron chi connectivity index (χ0n) is 12.9. The molecule has 1 aromatic carbocycles. The van der Waals surface area contributed by atoms with Crippen LogP contribution in [0, 0.1) is 0 Å². The van der Waals surface area contributed by atoms with Crippen molar-refractivity contribution < 1.29 is 9.53 Å². The molecule has 1 fully saturated rings. The zero-order chi connectivity index (χ0) is 15.6. The monoisotopic (exact) mass is 292 g/mol. The Morgan fingerprint density at radius 2 is 1.86 bits per heavy atom. The van der Waals surface area contributed by atoms with Gasteiger partial charge in [0.1, 0.15) is 11.4 Å². The number of ether oxygens (including phenoxy) is 1. The summed E-state index contributed by atoms with van der Waals surface area (Å²) < 4.78 is 5.40. The van der Waals surface area contributed by atoms with Crippen LogP contribution in [-0.2, 0) is 0 Å². The van der Waals surface area contributed by atoms with Crippen LogP contribution >= 0.6 is 0 Å². The highest BCUT2D eigenvalue weighted by Gasteiger charge is 2.23. The number of anilines is 2. The van der Waals surface area contributed by atoms with Crippen LogP contribution in [0.2, 0.25) is 0 Å². The number of rotatable bonds is 4. The summed E-state index contributed by atoms with van der Waals surface area (Å²) >= 11 is 0. The van der Waals surface area contributed by atoms with Crippen molar-refractivity contribution in [2.24, 2.45) is 5.73 Å². The Labute approximate surface area is 125 Å². The molecule has 0 radical (unpaired) electrons. The highest BCUT2D eigenvalue weighted by molar-refractivity contribution is 5.96. The highest BCUT2D eigenvalue weighted by Crippen LogP contribution is 2.36. The van der Waals surface area contributed by atoms with Crippen molar-refractivity contribution in [3.63, 3.8) is 0 Å². The van der Waals surface area contributed by atoms with Crippen molar-refractivity contribution in [1.29, 1.82) is 0 Å². The van der Waals surface area contributed by atoms with Crippen molar-refractivity contribution >= 4 is 17.3 Å². The predicted molar refractivity (Wildman–Crippen MR) is 84.8 cm³/mol. The van der Waals surface area contributed by atoms with Gasteiger partial charge in [-0.2, -0.15) is 0 Å². The van der Waals surface area contributed by atoms with E-state index < -0.39 is 5.91 Å². The van der Waals surface area contributed by atoms with Crippen molar-refractivity contribution in [3.05, 3.63) is 17.7 Å². The number of carbonyl (C=O) groups is 1. The first-order valence-corrected chi connectivity index (χ1v) is 7.20. The number of hydrogen-bond acceptors (Lipinski definition) is 5. The Bertz CT molecular complexity index is 523. The molecule has 116 valence electrons. The number of nitrogen functional groups attached to an aromatic ring is 1. The van der Waals surface area contributed by atoms with Gasteiger partial charge in [-0.3, -0.25) is 9.69 Å². The third-order valence-corrected chi connectivity index (χ3v) is 3.97. The molecule has 0 spiro atoms. The molecule has 21 heavy (non-hydrogen) atoms. The van der Waals surface area contributed by atoms with Gasteiger partial charge in [-0.05, 0) is 26.0 Å². The summed E-state index contributed by atoms with van der Waals surface area (Å²) in [5.41, 5.74) is 13.2. The Hall–Kier alpha value is -1.95. The zero-order valence-corrected chi connectivity index (χ0v) is 12.9. The van der Waals surface area contributed by atoms with Gasteiger partial charge in [0, 0.05) is 37.8 Å². The minimum atomic E-state index is -0.504. The van der Waals surface area contributed by atoms with Gasteiger partial charge in [-0.15, -0.1) is 0 Å². The summed E-state index contributed by atoms with van der Waals surface area (Å²) in [5.74, 6) is 0.0953. The van der Waals surface area contributed by atoms with Gasteiger partial charge in [-0.1, -0.05) is 0 Å². The van der Waals surface area contributed by atoms with Crippen LogP contribution in [0.3, 0.4) is 0 Å². The Kier molecular flexibility index (Phi) is 4.57. The van der Waals surface area contributed by atoms with E-state index in [1.54, 1.807) is 19.2 Å². The molecule has 1 aliphatic rings. The first kappa shape index (κ1) is 15.4. The number of amides is 1. The second-order valence-corrected chi connectivity index (χ2v) is 5.60. The number of methoxy groups -OCH3 is 1. The molecule has 6 nitrogen and oxygen atoms in total. The lowest BCUT2D eigenvalue weighted by molar-refractivity contribution is 0.1000. The van der Waals surface area contributed by atoms with Gasteiger partial charge >= 0.3 is 0 Å². The van der Waals surface area contributed by atoms with E-state index in [9.17, 15) is 4.79 Å². The number of carbonyl (C=O) groups excluding carboxylic acids is 1. The number of benzene rings is 1. The minimum Gasteiger partial charge on any atom is -0.494 e. The standard InChI is InChI=1S/C15H24N4O2/c1-10(2)18-4-6-19(7-5-18)14-12(16)8-11(15(17)20)9-13(14)21-3/h8-10H,4-7,16H2,1-3H3,(H2,17,20). The smallest absolute Gasteiger partial charge is 0.248 e. The fourth-order valence-corrected chi connectivity index (χ4v) is 2.73. The number of hydrogen-bond donors (Lipinski definition) is 2. The summed E-state index contributed by atoms with van der Waals surface area (Å²) in [6, 6.07) is 3.82. The minimum absolute atomic E-state index is 0.369. The molecule has 4 N–H and O–H groups in total. The molecule has 1 amide bonds. The Balaban J connectivity index is 2.26. The first-order chi connectivity index (χ1) is 9.93. The van der Waals surface area contributed by atoms with Crippen LogP contribution in [0.1, 0.15) is 24.2 Å². The molecule has 0 aromatic heterocycles. The SMILES string of the molecule is COc1cc(C(N)=O)cc(N)c1N1CCN(C(C)C)CC1. The van der Waals surface area contributed by atoms with Gasteiger partial charge in [0.05, 0.1) is 12.8 Å². The summed E-state index contributed by atoms with van der Waals surface area (Å²) in [4.78, 5) is 16.0. The molecule has 6 heteroatoms. The highest BCUT2D eigenvalue weighted by atomic mass is 16.5. The van der Waals surface area contributed by atoms with Crippen molar-refractivity contribution in [2.45, 2.75) is 19.9 Å². The van der Waals surface area contributed by atoms with E-state index in [-0.39, 0.29) is 0 Å². The van der Waals surface area contributed by atoms with Gasteiger partial charge in [0.15, 0.2) is 0 Å². The van der Waals surface area contributed by atoms with Crippen LogP contribution in [-0.4, -0.2) is 50.1 Å². The molecule has 0 bridgehead atoms. The lowest BCUT2D eigenvalue weighted by atomic mass is 10.1. The molecular weight excluding hydrogens is 268 g/mol. The number of primary amides is 1. The first-order valence-electron chi connectivity index (χ1n) is 7.20. The van der Waals surface area contributed by atoms with Crippen molar-refractivity contribution in [3.8, 4) is 5.75 Å². The topological polar surface area (TPSA) is 84.8 Å². The molecule has 0 aliphatic carbocycles. The van der Waals surface area contributed by atoms with E-state index in [0.29, 0.717) is 23.0 Å². The number of nitrogens with zero attached hydrogens (tertiary/aromatic N) is 2. The maximum atomic E-state index is 11.3. The average Bonchev–Trinajstić information content (AvgIpc) is 2.46. The molecule has 1 aliphatic heterocycles. The number of nitrogens with two attached hydrogens (primary N) is 2. The molecular formula is C15H24N4O2. The number of piperazine rings is 1. The summed E-state index contributed by atoms with van der Waals surface area (Å²) in [6.45, 7) is 8.14. The normalized spacial score (nSPS) is 16.3. The largest absolute Gasteiger partial charge is 0.494 e. The van der Waals surface area contributed by atoms with Crippen LogP contribution in [0.15, 0.2) is 12.1 Å². The van der Waals surface area contributed by atoms with Crippen molar-refractivity contribution in [2.75, 3.05) is 43.9 Å². The van der Waals surface area contributed by atoms with E-state index in [2.05, 4.69) is 23.6 Å². The lowest BCUT2D eigenvalue weighted by Crippen LogP contribution is -2.49. The maximum absolute atomic E-state index is 11.3. The maximum Gasteiger partial charge on any atom is 0.248 e. The summed E-state index contributed by atoms with van der Waals surface area (Å²) in [7, 11) is 1.58. The van der Waals surface area contributed by atoms with E-state index in [4.69, 9.17) is 16.2 Å². The van der Waals surface area contributed by atoms with Crippen LogP contribution in [0.5, 0.6) is 5.75 Å². The second kappa shape index (κ2) is 6.22. The molecule has 2 rings (SSSR count). The summed E-state index contributed by atoms with van der Waals surface area (Å²) in [6.07, 6.45) is 0. The van der Waals surface area contributed by atoms with Gasteiger partial charge in [0.25, 0.3) is 0 Å². The van der Waals surface area contributed by atoms with E-state index in [1.807, 2.05) is 0 Å². The lowest BCUT2D eigenvalue weighted by Gasteiger charge is -2.39. The quantitative estimate of drug-likeness (QED) is 0.806. The molecule has 0 atom stereocenters. The van der Waals surface area contributed by atoms with Gasteiger partial charge in [0.2, 0.25) is 5.91 Å². The molecule has 1 heterocycles. The Morgan fingerprint density at radius 1 is 1.24 bits per heavy atom. The fourth-order valence-electron chi connectivity index (χ4n) is 2.73. The van der Waals surface area contributed by atoms with E-state index in [0.717, 1.165) is 31.9 Å². The fraction of sp³-hybridized carbons (Fsp3) is 0.533. The van der Waals surface area contributed by atoms with Crippen molar-refractivity contribution in [1.82, 2.24) is 4.90 Å². The van der Waals surface area contributed by atoms with Crippen LogP contribution < -0.4 is 21.1 Å².